The second-order valence-electron chi connectivity index (χ2n) is 4.21. The van der Waals surface area contributed by atoms with Gasteiger partial charge in [-0.25, -0.2) is 4.79 Å². The summed E-state index contributed by atoms with van der Waals surface area (Å²) < 4.78 is 4.72. The molecule has 0 bridgehead atoms. The van der Waals surface area contributed by atoms with Gasteiger partial charge in [0.1, 0.15) is 0 Å². The zero-order valence-corrected chi connectivity index (χ0v) is 12.7. The van der Waals surface area contributed by atoms with Crippen molar-refractivity contribution in [3.63, 3.8) is 0 Å². The van der Waals surface area contributed by atoms with E-state index in [1.807, 2.05) is 0 Å². The van der Waals surface area contributed by atoms with Crippen molar-refractivity contribution < 1.29 is 14.5 Å². The molecule has 2 aromatic carbocycles. The van der Waals surface area contributed by atoms with Crippen molar-refractivity contribution in [1.29, 1.82) is 0 Å². The van der Waals surface area contributed by atoms with E-state index in [0.717, 1.165) is 0 Å². The van der Waals surface area contributed by atoms with Gasteiger partial charge in [-0.3, -0.25) is 10.1 Å². The number of carbonyl (C=O) groups is 1. The van der Waals surface area contributed by atoms with Crippen molar-refractivity contribution in [2.75, 3.05) is 7.11 Å². The molecule has 8 nitrogen and oxygen atoms in total. The fourth-order valence-corrected chi connectivity index (χ4v) is 2.72. The van der Waals surface area contributed by atoms with Crippen LogP contribution in [0.2, 0.25) is 0 Å². The fourth-order valence-electron chi connectivity index (χ4n) is 1.75. The van der Waals surface area contributed by atoms with Crippen LogP contribution in [0.3, 0.4) is 0 Å². The highest BCUT2D eigenvalue weighted by Crippen LogP contribution is 2.34. The molecule has 0 atom stereocenters. The summed E-state index contributed by atoms with van der Waals surface area (Å²) >= 11 is 1.21. The monoisotopic (exact) mass is 330 g/mol. The van der Waals surface area contributed by atoms with Gasteiger partial charge in [0.25, 0.3) is 5.69 Å². The van der Waals surface area contributed by atoms with Gasteiger partial charge in [0.15, 0.2) is 0 Å². The Morgan fingerprint density at radius 2 is 2.00 bits per heavy atom. The Labute approximate surface area is 134 Å². The van der Waals surface area contributed by atoms with Gasteiger partial charge in [0.2, 0.25) is 0 Å². The lowest BCUT2D eigenvalue weighted by Crippen LogP contribution is -2.02. The number of nitrogens with zero attached hydrogens (tertiary/aromatic N) is 4. The first-order chi connectivity index (χ1) is 11.0. The van der Waals surface area contributed by atoms with Crippen LogP contribution in [-0.4, -0.2) is 18.0 Å². The lowest BCUT2D eigenvalue weighted by atomic mass is 10.2. The van der Waals surface area contributed by atoms with Gasteiger partial charge in [-0.15, -0.1) is 0 Å². The van der Waals surface area contributed by atoms with Gasteiger partial charge < -0.3 is 4.74 Å². The first-order valence-corrected chi connectivity index (χ1v) is 7.06. The van der Waals surface area contributed by atoms with Crippen LogP contribution < -0.4 is 0 Å². The van der Waals surface area contributed by atoms with Crippen LogP contribution in [0.5, 0.6) is 0 Å². The van der Waals surface area contributed by atoms with Crippen molar-refractivity contribution in [2.24, 2.45) is 5.11 Å². The third kappa shape index (κ3) is 4.00. The SMILES string of the molecule is COC(=O)c1ccc(N=[N+]=[N-])cc1Sc1ccc([N+](=O)[O-])cc1. The molecule has 0 amide bonds. The van der Waals surface area contributed by atoms with E-state index in [2.05, 4.69) is 10.0 Å². The van der Waals surface area contributed by atoms with Gasteiger partial charge in [0, 0.05) is 32.5 Å². The highest BCUT2D eigenvalue weighted by molar-refractivity contribution is 7.99. The van der Waals surface area contributed by atoms with Crippen molar-refractivity contribution in [3.05, 3.63) is 68.6 Å². The molecule has 0 unspecified atom stereocenters. The summed E-state index contributed by atoms with van der Waals surface area (Å²) in [5.74, 6) is -0.526. The molecule has 0 heterocycles. The summed E-state index contributed by atoms with van der Waals surface area (Å²) in [7, 11) is 1.27. The molecule has 0 fully saturated rings. The van der Waals surface area contributed by atoms with Gasteiger partial charge >= 0.3 is 5.97 Å². The molecular formula is C14H10N4O4S. The van der Waals surface area contributed by atoms with Crippen LogP contribution in [-0.2, 0) is 4.74 Å². The summed E-state index contributed by atoms with van der Waals surface area (Å²) in [6.07, 6.45) is 0. The van der Waals surface area contributed by atoms with Crippen LogP contribution in [0.15, 0.2) is 57.4 Å². The quantitative estimate of drug-likeness (QED) is 0.200. The van der Waals surface area contributed by atoms with Crippen molar-refractivity contribution in [3.8, 4) is 0 Å². The van der Waals surface area contributed by atoms with Crippen LogP contribution in [0.25, 0.3) is 10.4 Å². The predicted molar refractivity (Wildman–Crippen MR) is 83.8 cm³/mol. The maximum Gasteiger partial charge on any atom is 0.339 e. The number of azide groups is 1. The molecule has 2 rings (SSSR count). The summed E-state index contributed by atoms with van der Waals surface area (Å²) in [6.45, 7) is 0. The zero-order chi connectivity index (χ0) is 16.8. The summed E-state index contributed by atoms with van der Waals surface area (Å²) in [4.78, 5) is 25.9. The molecule has 0 saturated carbocycles. The van der Waals surface area contributed by atoms with Crippen LogP contribution in [0.1, 0.15) is 10.4 Å². The van der Waals surface area contributed by atoms with E-state index >= 15 is 0 Å². The molecule has 2 aromatic rings. The minimum absolute atomic E-state index is 0.0228. The van der Waals surface area contributed by atoms with Crippen molar-refractivity contribution >= 4 is 29.1 Å². The minimum atomic E-state index is -0.526. The van der Waals surface area contributed by atoms with Gasteiger partial charge in [0.05, 0.1) is 17.6 Å². The number of non-ortho nitro benzene ring substituents is 1. The van der Waals surface area contributed by atoms with E-state index in [1.54, 1.807) is 18.2 Å². The minimum Gasteiger partial charge on any atom is -0.465 e. The molecule has 0 aliphatic rings. The topological polar surface area (TPSA) is 118 Å². The third-order valence-electron chi connectivity index (χ3n) is 2.81. The average molecular weight is 330 g/mol. The van der Waals surface area contributed by atoms with E-state index < -0.39 is 10.9 Å². The molecule has 0 saturated heterocycles. The van der Waals surface area contributed by atoms with Crippen LogP contribution in [0.4, 0.5) is 11.4 Å². The third-order valence-corrected chi connectivity index (χ3v) is 3.87. The summed E-state index contributed by atoms with van der Waals surface area (Å²) in [6, 6.07) is 10.5. The van der Waals surface area contributed by atoms with Gasteiger partial charge in [-0.05, 0) is 29.8 Å². The molecule has 0 aromatic heterocycles. The van der Waals surface area contributed by atoms with Gasteiger partial charge in [-0.1, -0.05) is 22.9 Å². The number of hydrogen-bond acceptors (Lipinski definition) is 6. The van der Waals surface area contributed by atoms with E-state index in [9.17, 15) is 14.9 Å². The Bertz CT molecular complexity index is 801. The maximum atomic E-state index is 11.8. The zero-order valence-electron chi connectivity index (χ0n) is 11.9. The molecule has 0 aliphatic heterocycles. The standard InChI is InChI=1S/C14H10N4O4S/c1-22-14(19)12-7-2-9(16-17-15)8-13(12)23-11-5-3-10(4-6-11)18(20)21/h2-8H,1H3. The highest BCUT2D eigenvalue weighted by atomic mass is 32.2. The van der Waals surface area contributed by atoms with E-state index in [4.69, 9.17) is 10.3 Å². The number of nitro benzene ring substituents is 1. The summed E-state index contributed by atoms with van der Waals surface area (Å²) in [5, 5.41) is 14.2. The van der Waals surface area contributed by atoms with E-state index in [-0.39, 0.29) is 5.69 Å². The smallest absolute Gasteiger partial charge is 0.339 e. The number of ether oxygens (including phenoxy) is 1. The van der Waals surface area contributed by atoms with E-state index in [1.165, 1.54) is 43.1 Å². The Kier molecular flexibility index (Phi) is 5.19. The first-order valence-electron chi connectivity index (χ1n) is 6.25. The maximum absolute atomic E-state index is 11.8. The first kappa shape index (κ1) is 16.3. The second kappa shape index (κ2) is 7.30. The largest absolute Gasteiger partial charge is 0.465 e. The van der Waals surface area contributed by atoms with Crippen molar-refractivity contribution in [2.45, 2.75) is 9.79 Å². The predicted octanol–water partition coefficient (Wildman–Crippen LogP) is 4.47. The molecule has 0 N–H and O–H groups in total. The lowest BCUT2D eigenvalue weighted by molar-refractivity contribution is -0.384. The van der Waals surface area contributed by atoms with Crippen LogP contribution in [0, 0.1) is 10.1 Å². The number of benzene rings is 2. The Morgan fingerprint density at radius 3 is 2.57 bits per heavy atom. The number of methoxy groups -OCH3 is 1. The molecule has 23 heavy (non-hydrogen) atoms. The average Bonchev–Trinajstić information content (AvgIpc) is 2.55. The molecular weight excluding hydrogens is 320 g/mol. The van der Waals surface area contributed by atoms with E-state index in [0.29, 0.717) is 21.0 Å². The normalized spacial score (nSPS) is 9.78. The molecule has 116 valence electrons. The number of nitro groups is 1. The summed E-state index contributed by atoms with van der Waals surface area (Å²) in [5.41, 5.74) is 9.14. The number of rotatable bonds is 5. The van der Waals surface area contributed by atoms with Crippen molar-refractivity contribution in [1.82, 2.24) is 0 Å². The molecule has 0 radical (unpaired) electrons. The second-order valence-corrected chi connectivity index (χ2v) is 5.33. The fraction of sp³-hybridized carbons (Fsp3) is 0.0714. The molecule has 0 aliphatic carbocycles. The van der Waals surface area contributed by atoms with Crippen LogP contribution >= 0.6 is 11.8 Å². The number of esters is 1. The molecule has 0 spiro atoms. The van der Waals surface area contributed by atoms with Gasteiger partial charge in [-0.2, -0.15) is 0 Å². The Morgan fingerprint density at radius 1 is 1.30 bits per heavy atom. The Balaban J connectivity index is 2.39. The molecule has 9 heteroatoms. The lowest BCUT2D eigenvalue weighted by Gasteiger charge is -2.08. The Hall–Kier alpha value is -3.03. The number of hydrogen-bond donors (Lipinski definition) is 0. The number of carbonyl (C=O) groups excluding carboxylic acids is 1. The highest BCUT2D eigenvalue weighted by Gasteiger charge is 2.14.